The molecule has 0 amide bonds. The second-order valence-corrected chi connectivity index (χ2v) is 4.60. The number of hydrogen-bond acceptors (Lipinski definition) is 2. The van der Waals surface area contributed by atoms with Crippen LogP contribution in [0.4, 0.5) is 0 Å². The number of thiazole rings is 1. The molecule has 11 heavy (non-hydrogen) atoms. The molecule has 64 valence electrons. The van der Waals surface area contributed by atoms with Crippen LogP contribution in [0.1, 0.15) is 38.6 Å². The van der Waals surface area contributed by atoms with E-state index in [1.807, 2.05) is 20.0 Å². The molecule has 0 aromatic carbocycles. The van der Waals surface area contributed by atoms with Crippen molar-refractivity contribution in [3.63, 3.8) is 0 Å². The van der Waals surface area contributed by atoms with Crippen LogP contribution >= 0.6 is 27.3 Å². The second-order valence-electron chi connectivity index (χ2n) is 2.16. The predicted molar refractivity (Wildman–Crippen MR) is 55.3 cm³/mol. The largest absolute Gasteiger partial charge is 0.248 e. The van der Waals surface area contributed by atoms with Gasteiger partial charge in [0.1, 0.15) is 0 Å². The summed E-state index contributed by atoms with van der Waals surface area (Å²) in [6.07, 6.45) is 1.85. The minimum Gasteiger partial charge on any atom is -0.248 e. The maximum atomic E-state index is 4.19. The number of halogens is 1. The highest BCUT2D eigenvalue weighted by molar-refractivity contribution is 9.11. The molecule has 1 aromatic heterocycles. The lowest BCUT2D eigenvalue weighted by molar-refractivity contribution is 0.852. The molecule has 1 aromatic rings. The van der Waals surface area contributed by atoms with Crippen LogP contribution in [0, 0.1) is 0 Å². The van der Waals surface area contributed by atoms with Crippen molar-refractivity contribution in [2.75, 3.05) is 0 Å². The van der Waals surface area contributed by atoms with Crippen LogP contribution < -0.4 is 0 Å². The van der Waals surface area contributed by atoms with E-state index in [4.69, 9.17) is 0 Å². The fourth-order valence-corrected chi connectivity index (χ4v) is 1.78. The smallest absolute Gasteiger partial charge is 0.0962 e. The van der Waals surface area contributed by atoms with Crippen LogP contribution in [-0.4, -0.2) is 4.98 Å². The Morgan fingerprint density at radius 3 is 2.18 bits per heavy atom. The van der Waals surface area contributed by atoms with E-state index in [9.17, 15) is 0 Å². The van der Waals surface area contributed by atoms with Crippen LogP contribution in [0.2, 0.25) is 0 Å². The summed E-state index contributed by atoms with van der Waals surface area (Å²) in [7, 11) is 0. The fourth-order valence-electron chi connectivity index (χ4n) is 0.534. The molecule has 0 aliphatic heterocycles. The summed E-state index contributed by atoms with van der Waals surface area (Å²) in [5.74, 6) is 0.557. The van der Waals surface area contributed by atoms with Gasteiger partial charge >= 0.3 is 0 Å². The van der Waals surface area contributed by atoms with Crippen molar-refractivity contribution in [1.82, 2.24) is 4.98 Å². The summed E-state index contributed by atoms with van der Waals surface area (Å²) >= 11 is 5.06. The van der Waals surface area contributed by atoms with E-state index in [0.29, 0.717) is 5.92 Å². The molecular weight excluding hydrogens is 222 g/mol. The van der Waals surface area contributed by atoms with Crippen LogP contribution in [-0.2, 0) is 0 Å². The van der Waals surface area contributed by atoms with Crippen molar-refractivity contribution < 1.29 is 0 Å². The SMILES string of the molecule is CC.CC(C)c1ncc(Br)s1. The predicted octanol–water partition coefficient (Wildman–Crippen LogP) is 4.06. The molecule has 1 rings (SSSR count). The molecule has 3 heteroatoms. The van der Waals surface area contributed by atoms with Crippen LogP contribution in [0.15, 0.2) is 9.98 Å². The van der Waals surface area contributed by atoms with Gasteiger partial charge in [-0.05, 0) is 15.9 Å². The van der Waals surface area contributed by atoms with Crippen molar-refractivity contribution >= 4 is 27.3 Å². The first-order valence-corrected chi connectivity index (χ1v) is 5.42. The molecule has 0 spiro atoms. The summed E-state index contributed by atoms with van der Waals surface area (Å²) in [5, 5.41) is 1.20. The van der Waals surface area contributed by atoms with Crippen LogP contribution in [0.3, 0.4) is 0 Å². The van der Waals surface area contributed by atoms with Gasteiger partial charge in [0.2, 0.25) is 0 Å². The Bertz CT molecular complexity index is 196. The van der Waals surface area contributed by atoms with Gasteiger partial charge < -0.3 is 0 Å². The molecule has 0 radical (unpaired) electrons. The topological polar surface area (TPSA) is 12.9 Å². The molecule has 0 unspecified atom stereocenters. The molecular formula is C8H14BrNS. The highest BCUT2D eigenvalue weighted by atomic mass is 79.9. The fraction of sp³-hybridized carbons (Fsp3) is 0.625. The maximum Gasteiger partial charge on any atom is 0.0962 e. The van der Waals surface area contributed by atoms with E-state index in [2.05, 4.69) is 34.8 Å². The normalized spacial score (nSPS) is 9.27. The minimum absolute atomic E-state index is 0.557. The number of aromatic nitrogens is 1. The zero-order chi connectivity index (χ0) is 8.85. The molecule has 1 heterocycles. The van der Waals surface area contributed by atoms with E-state index in [1.165, 1.54) is 5.01 Å². The van der Waals surface area contributed by atoms with Crippen molar-refractivity contribution in [2.45, 2.75) is 33.6 Å². The molecule has 0 N–H and O–H groups in total. The first kappa shape index (κ1) is 11.1. The van der Waals surface area contributed by atoms with Crippen LogP contribution in [0.5, 0.6) is 0 Å². The third-order valence-corrected chi connectivity index (χ3v) is 2.77. The first-order chi connectivity index (χ1) is 5.20. The Kier molecular flexibility index (Phi) is 5.78. The van der Waals surface area contributed by atoms with Gasteiger partial charge in [0, 0.05) is 5.92 Å². The molecule has 0 bridgehead atoms. The Morgan fingerprint density at radius 2 is 2.00 bits per heavy atom. The minimum atomic E-state index is 0.557. The monoisotopic (exact) mass is 235 g/mol. The van der Waals surface area contributed by atoms with E-state index in [-0.39, 0.29) is 0 Å². The van der Waals surface area contributed by atoms with Crippen molar-refractivity contribution in [3.05, 3.63) is 15.0 Å². The average Bonchev–Trinajstić information content (AvgIpc) is 2.40. The van der Waals surface area contributed by atoms with E-state index in [0.717, 1.165) is 3.79 Å². The quantitative estimate of drug-likeness (QED) is 0.716. The van der Waals surface area contributed by atoms with E-state index in [1.54, 1.807) is 11.3 Å². The number of rotatable bonds is 1. The maximum absolute atomic E-state index is 4.19. The molecule has 0 fully saturated rings. The Labute approximate surface area is 81.0 Å². The second kappa shape index (κ2) is 5.72. The Balaban J connectivity index is 0.000000461. The van der Waals surface area contributed by atoms with E-state index < -0.39 is 0 Å². The first-order valence-electron chi connectivity index (χ1n) is 3.81. The molecule has 0 aliphatic carbocycles. The summed E-state index contributed by atoms with van der Waals surface area (Å²) in [5.41, 5.74) is 0. The van der Waals surface area contributed by atoms with Gasteiger partial charge in [0.25, 0.3) is 0 Å². The van der Waals surface area contributed by atoms with Crippen molar-refractivity contribution in [1.29, 1.82) is 0 Å². The highest BCUT2D eigenvalue weighted by Crippen LogP contribution is 2.24. The van der Waals surface area contributed by atoms with Gasteiger partial charge in [-0.15, -0.1) is 11.3 Å². The lowest BCUT2D eigenvalue weighted by Crippen LogP contribution is -1.81. The van der Waals surface area contributed by atoms with E-state index >= 15 is 0 Å². The summed E-state index contributed by atoms with van der Waals surface area (Å²) in [6.45, 7) is 8.29. The summed E-state index contributed by atoms with van der Waals surface area (Å²) in [6, 6.07) is 0. The number of nitrogens with zero attached hydrogens (tertiary/aromatic N) is 1. The zero-order valence-corrected chi connectivity index (χ0v) is 9.79. The summed E-state index contributed by atoms with van der Waals surface area (Å²) in [4.78, 5) is 4.19. The van der Waals surface area contributed by atoms with Crippen LogP contribution in [0.25, 0.3) is 0 Å². The molecule has 0 saturated heterocycles. The lowest BCUT2D eigenvalue weighted by atomic mass is 10.2. The Morgan fingerprint density at radius 1 is 1.45 bits per heavy atom. The average molecular weight is 236 g/mol. The lowest BCUT2D eigenvalue weighted by Gasteiger charge is -1.94. The van der Waals surface area contributed by atoms with Gasteiger partial charge in [0.05, 0.1) is 15.0 Å². The van der Waals surface area contributed by atoms with Gasteiger partial charge in [-0.2, -0.15) is 0 Å². The van der Waals surface area contributed by atoms with Gasteiger partial charge in [-0.25, -0.2) is 4.98 Å². The van der Waals surface area contributed by atoms with Gasteiger partial charge in [0.15, 0.2) is 0 Å². The molecule has 1 nitrogen and oxygen atoms in total. The molecule has 0 atom stereocenters. The van der Waals surface area contributed by atoms with Crippen molar-refractivity contribution in [3.8, 4) is 0 Å². The summed E-state index contributed by atoms with van der Waals surface area (Å²) < 4.78 is 1.12. The molecule has 0 aliphatic rings. The third-order valence-electron chi connectivity index (χ3n) is 0.989. The number of hydrogen-bond donors (Lipinski definition) is 0. The molecule has 0 saturated carbocycles. The Hall–Kier alpha value is 0.110. The third kappa shape index (κ3) is 3.87. The standard InChI is InChI=1S/C6H8BrNS.C2H6/c1-4(2)6-8-3-5(7)9-6;1-2/h3-4H,1-2H3;1-2H3. The van der Waals surface area contributed by atoms with Gasteiger partial charge in [-0.3, -0.25) is 0 Å². The van der Waals surface area contributed by atoms with Gasteiger partial charge in [-0.1, -0.05) is 27.7 Å². The zero-order valence-electron chi connectivity index (χ0n) is 7.39. The highest BCUT2D eigenvalue weighted by Gasteiger charge is 2.02. The van der Waals surface area contributed by atoms with Crippen molar-refractivity contribution in [2.24, 2.45) is 0 Å².